The quantitative estimate of drug-likeness (QED) is 0.123. The first-order chi connectivity index (χ1) is 25.4. The molecule has 0 radical (unpaired) electrons. The van der Waals surface area contributed by atoms with Gasteiger partial charge in [0.1, 0.15) is 42.4 Å². The Balaban J connectivity index is 1.59. The van der Waals surface area contributed by atoms with Gasteiger partial charge in [0, 0.05) is 34.8 Å². The van der Waals surface area contributed by atoms with Crippen LogP contribution in [0.2, 0.25) is 16.6 Å². The maximum Gasteiger partial charge on any atom is 0.319 e. The molecule has 1 aromatic heterocycles. The van der Waals surface area contributed by atoms with Crippen LogP contribution < -0.4 is 9.64 Å². The van der Waals surface area contributed by atoms with Crippen molar-refractivity contribution in [2.24, 2.45) is 5.41 Å². The summed E-state index contributed by atoms with van der Waals surface area (Å²) >= 11 is 0. The number of phenols is 1. The number of benzene rings is 3. The summed E-state index contributed by atoms with van der Waals surface area (Å²) in [5, 5.41) is 22.6. The molecule has 4 aromatic rings. The Hall–Kier alpha value is -3.89. The van der Waals surface area contributed by atoms with Gasteiger partial charge in [-0.05, 0) is 80.1 Å². The fraction of sp³-hybridized carbons (Fsp3) is 0.524. The minimum Gasteiger partial charge on any atom is -0.508 e. The van der Waals surface area contributed by atoms with Crippen molar-refractivity contribution >= 4 is 35.6 Å². The van der Waals surface area contributed by atoms with Gasteiger partial charge in [0.25, 0.3) is 0 Å². The maximum absolute atomic E-state index is 17.3. The topological polar surface area (TPSA) is 91.2 Å². The molecular weight excluding hydrogens is 710 g/mol. The van der Waals surface area contributed by atoms with Gasteiger partial charge in [0.2, 0.25) is 0 Å². The van der Waals surface area contributed by atoms with E-state index in [1.165, 1.54) is 24.3 Å². The smallest absolute Gasteiger partial charge is 0.319 e. The predicted octanol–water partition coefficient (Wildman–Crippen LogP) is 8.45. The summed E-state index contributed by atoms with van der Waals surface area (Å²) in [5.74, 6) is 0.548. The number of halogens is 3. The highest BCUT2D eigenvalue weighted by Crippen LogP contribution is 2.47. The molecule has 0 spiro atoms. The summed E-state index contributed by atoms with van der Waals surface area (Å²) in [6.07, 6.45) is 1.92. The highest BCUT2D eigenvalue weighted by molar-refractivity contribution is 6.90. The van der Waals surface area contributed by atoms with Crippen LogP contribution in [0, 0.1) is 34.3 Å². The van der Waals surface area contributed by atoms with Crippen molar-refractivity contribution in [1.82, 2.24) is 14.9 Å². The zero-order valence-corrected chi connectivity index (χ0v) is 33.9. The van der Waals surface area contributed by atoms with E-state index in [-0.39, 0.29) is 86.8 Å². The molecule has 1 saturated heterocycles. The Morgan fingerprint density at radius 3 is 2.31 bits per heavy atom. The molecule has 0 bridgehead atoms. The average Bonchev–Trinajstić information content (AvgIpc) is 3.86. The summed E-state index contributed by atoms with van der Waals surface area (Å²) in [5.41, 5.74) is 2.30. The van der Waals surface area contributed by atoms with Gasteiger partial charge in [0.05, 0.1) is 37.5 Å². The Labute approximate surface area is 317 Å². The van der Waals surface area contributed by atoms with Crippen LogP contribution in [0.1, 0.15) is 66.9 Å². The van der Waals surface area contributed by atoms with Crippen molar-refractivity contribution in [3.63, 3.8) is 0 Å². The van der Waals surface area contributed by atoms with Gasteiger partial charge in [0.15, 0.2) is 5.82 Å². The van der Waals surface area contributed by atoms with Crippen LogP contribution in [0.5, 0.6) is 11.8 Å². The lowest BCUT2D eigenvalue weighted by molar-refractivity contribution is -0.0123. The molecule has 1 unspecified atom stereocenters. The van der Waals surface area contributed by atoms with E-state index < -0.39 is 36.7 Å². The predicted molar refractivity (Wildman–Crippen MR) is 211 cm³/mol. The molecule has 2 heterocycles. The zero-order chi connectivity index (χ0) is 39.3. The van der Waals surface area contributed by atoms with Crippen molar-refractivity contribution in [1.29, 1.82) is 0 Å². The molecule has 54 heavy (non-hydrogen) atoms. The van der Waals surface area contributed by atoms with Crippen molar-refractivity contribution in [2.75, 3.05) is 58.5 Å². The third kappa shape index (κ3) is 7.65. The van der Waals surface area contributed by atoms with E-state index in [2.05, 4.69) is 67.9 Å². The van der Waals surface area contributed by atoms with E-state index in [0.717, 1.165) is 25.5 Å². The monoisotopic (exact) mass is 762 g/mol. The Kier molecular flexibility index (Phi) is 11.0. The number of nitrogens with zero attached hydrogens (tertiary/aromatic N) is 4. The second kappa shape index (κ2) is 15.0. The van der Waals surface area contributed by atoms with Crippen molar-refractivity contribution in [3.8, 4) is 34.4 Å². The largest absolute Gasteiger partial charge is 0.508 e. The number of phenolic OH excluding ortho intramolecular Hbond substituents is 1. The van der Waals surface area contributed by atoms with E-state index in [1.54, 1.807) is 11.8 Å². The molecule has 1 aliphatic heterocycles. The van der Waals surface area contributed by atoms with Crippen molar-refractivity contribution in [2.45, 2.75) is 83.5 Å². The molecule has 0 amide bonds. The number of anilines is 1. The molecule has 6 rings (SSSR count). The van der Waals surface area contributed by atoms with Gasteiger partial charge in [-0.3, -0.25) is 0 Å². The third-order valence-electron chi connectivity index (χ3n) is 11.3. The number of aromatic hydroxyl groups is 1. The fourth-order valence-corrected chi connectivity index (χ4v) is 13.9. The van der Waals surface area contributed by atoms with Gasteiger partial charge in [-0.1, -0.05) is 53.5 Å². The van der Waals surface area contributed by atoms with Gasteiger partial charge in [-0.2, -0.15) is 9.97 Å². The van der Waals surface area contributed by atoms with E-state index in [4.69, 9.17) is 9.47 Å². The van der Waals surface area contributed by atoms with E-state index in [9.17, 15) is 10.2 Å². The molecule has 12 heteroatoms. The fourth-order valence-electron chi connectivity index (χ4n) is 8.66. The first kappa shape index (κ1) is 39.8. The molecule has 2 N–H and O–H groups in total. The molecule has 8 nitrogen and oxygen atoms in total. The summed E-state index contributed by atoms with van der Waals surface area (Å²) in [6.45, 7) is 16.4. The average molecular weight is 763 g/mol. The number of aliphatic hydroxyl groups is 1. The van der Waals surface area contributed by atoms with Crippen LogP contribution in [-0.4, -0.2) is 92.3 Å². The number of rotatable bonds is 10. The van der Waals surface area contributed by atoms with Crippen LogP contribution >= 0.6 is 0 Å². The normalized spacial score (nSPS) is 18.9. The highest BCUT2D eigenvalue weighted by Gasteiger charge is 2.44. The van der Waals surface area contributed by atoms with E-state index in [0.29, 0.717) is 18.5 Å². The lowest BCUT2D eigenvalue weighted by Gasteiger charge is -2.38. The molecule has 3 aromatic carbocycles. The third-order valence-corrected chi connectivity index (χ3v) is 17.6. The minimum absolute atomic E-state index is 0.0232. The Morgan fingerprint density at radius 2 is 1.69 bits per heavy atom. The van der Waals surface area contributed by atoms with Gasteiger partial charge in [-0.15, -0.1) is 5.54 Å². The van der Waals surface area contributed by atoms with Crippen LogP contribution in [-0.2, 0) is 4.74 Å². The lowest BCUT2D eigenvalue weighted by Crippen LogP contribution is -2.43. The molecule has 1 saturated carbocycles. The zero-order valence-electron chi connectivity index (χ0n) is 32.9. The summed E-state index contributed by atoms with van der Waals surface area (Å²) in [6, 6.07) is 6.53. The van der Waals surface area contributed by atoms with Gasteiger partial charge < -0.3 is 29.5 Å². The maximum atomic E-state index is 17.3. The highest BCUT2D eigenvalue weighted by atomic mass is 28.3. The van der Waals surface area contributed by atoms with Gasteiger partial charge in [-0.25, -0.2) is 13.2 Å². The molecule has 290 valence electrons. The Morgan fingerprint density at radius 1 is 1.00 bits per heavy atom. The summed E-state index contributed by atoms with van der Waals surface area (Å²) in [4.78, 5) is 13.0. The molecular formula is C42H53F3N4O4Si. The van der Waals surface area contributed by atoms with E-state index in [1.807, 2.05) is 14.1 Å². The van der Waals surface area contributed by atoms with Crippen molar-refractivity contribution < 1.29 is 32.9 Å². The van der Waals surface area contributed by atoms with Crippen molar-refractivity contribution in [3.05, 3.63) is 53.3 Å². The number of aromatic nitrogens is 2. The first-order valence-corrected chi connectivity index (χ1v) is 21.1. The molecule has 2 fully saturated rings. The number of fused-ring (bicyclic) bond motifs is 2. The first-order valence-electron chi connectivity index (χ1n) is 18.9. The van der Waals surface area contributed by atoms with Crippen LogP contribution in [0.25, 0.3) is 32.8 Å². The van der Waals surface area contributed by atoms with Crippen LogP contribution in [0.4, 0.5) is 19.0 Å². The van der Waals surface area contributed by atoms with E-state index >= 15 is 13.2 Å². The summed E-state index contributed by atoms with van der Waals surface area (Å²) < 4.78 is 61.9. The number of ether oxygens (including phenoxy) is 2. The Bertz CT molecular complexity index is 2100. The molecule has 1 aliphatic carbocycles. The number of hydrogen-bond donors (Lipinski definition) is 2. The number of hydrogen-bond acceptors (Lipinski definition) is 8. The number of β-amino-alcohol motifs (C(OH)–C–C–N with tert-alkyl or cyclic N) is 1. The lowest BCUT2D eigenvalue weighted by atomic mass is 9.92. The molecule has 2 aliphatic rings. The second-order valence-electron chi connectivity index (χ2n) is 16.9. The second-order valence-corrected chi connectivity index (χ2v) is 22.5. The minimum atomic E-state index is -2.35. The van der Waals surface area contributed by atoms with Crippen LogP contribution in [0.3, 0.4) is 0 Å². The molecule has 1 atom stereocenters. The summed E-state index contributed by atoms with van der Waals surface area (Å²) in [7, 11) is 1.64. The SMILES string of the molecule is CC(C)[Si](C#Cc1c(F)ccc2cc(O)cc(-c3c(F)cc4c(N5CCOCC(C)(O)C5)nc(OCC5(CN(C)C)CC5)nc4c3F)c12)(C(C)C)C(C)C. The standard InChI is InChI=1S/C42H53F3N4O4Si/c1-25(2)54(26(3)4,27(5)6)17-12-30-33(43)11-10-28-18-29(50)19-31(35(28)30)36-34(44)20-32-38(37(36)45)46-40(53-24-42(13-14-42)22-48(8)9)47-39(32)49-15-16-52-23-41(7,51)21-49/h10-11,18-20,25-27,50-51H,13-16,21-24H2,1-9H3. The van der Waals surface area contributed by atoms with Gasteiger partial charge >= 0.3 is 6.01 Å². The van der Waals surface area contributed by atoms with Crippen LogP contribution in [0.15, 0.2) is 30.3 Å².